The first kappa shape index (κ1) is 79.6. The van der Waals surface area contributed by atoms with Crippen molar-refractivity contribution in [3.63, 3.8) is 0 Å². The topological polar surface area (TPSA) is 92.1 Å². The number of benzene rings is 22. The molecule has 0 spiro atoms. The lowest BCUT2D eigenvalue weighted by molar-refractivity contribution is 1.02. The Morgan fingerprint density at radius 2 is 0.464 bits per heavy atom. The van der Waals surface area contributed by atoms with Gasteiger partial charge in [0.25, 0.3) is 0 Å². The van der Waals surface area contributed by atoms with Gasteiger partial charge in [0.15, 0.2) is 0 Å². The smallest absolute Gasteiger partial charge is 0.235 e. The van der Waals surface area contributed by atoms with Crippen LogP contribution in [0.1, 0.15) is 0 Å². The van der Waals surface area contributed by atoms with Gasteiger partial charge in [-0.05, 0) is 139 Å². The van der Waals surface area contributed by atoms with Crippen LogP contribution in [-0.4, -0.2) is 43.6 Å². The number of fused-ring (bicyclic) bond motifs is 35. The first-order chi connectivity index (χ1) is 69.5. The maximum Gasteiger partial charge on any atom is 0.235 e. The van der Waals surface area contributed by atoms with E-state index < -0.39 is 0 Å². The van der Waals surface area contributed by atoms with Crippen LogP contribution in [-0.2, 0) is 0 Å². The zero-order chi connectivity index (χ0) is 91.7. The minimum atomic E-state index is 0.665. The molecule has 0 atom stereocenters. The average Bonchev–Trinajstić information content (AvgIpc) is 1.54. The largest absolute Gasteiger partial charge is 0.277 e. The second-order valence-electron chi connectivity index (χ2n) is 36.1. The SMILES string of the molecule is c1ccc(-c2cc(-c3ccccc3)cc(-c3nc(-n4c5ccccc5c5c6ccccc6c6sc7ccccc7c6c54)nc4ccccc34)c2)cc1.c1ccc2c(-c3nc(-n4c5ccccc5c5c6ccccc6c6sc7ccccc7c6c54)nc4ccccc34)cccc2c1.c1ccc2cc(-c3nc(-n4c5ccccc5c5c6ccccc6c6sc7ccccc7c6c54)nc4ccccc34)ccc2c1. The van der Waals surface area contributed by atoms with Crippen LogP contribution in [0.2, 0.25) is 0 Å². The fraction of sp³-hybridized carbons (Fsp3) is 0. The van der Waals surface area contributed by atoms with E-state index in [9.17, 15) is 0 Å². The Balaban J connectivity index is 0.000000101. The van der Waals surface area contributed by atoms with Crippen molar-refractivity contribution in [3.05, 3.63) is 455 Å². The van der Waals surface area contributed by atoms with Crippen molar-refractivity contribution in [2.75, 3.05) is 0 Å². The fourth-order valence-corrected chi connectivity index (χ4v) is 26.0. The number of nitrogens with zero attached hydrogens (tertiary/aromatic N) is 9. The Hall–Kier alpha value is -17.8. The van der Waals surface area contributed by atoms with Crippen LogP contribution in [0.4, 0.5) is 0 Å². The molecule has 0 aliphatic heterocycles. The molecular weight excluding hydrogens is 1760 g/mol. The van der Waals surface area contributed by atoms with Gasteiger partial charge >= 0.3 is 0 Å². The van der Waals surface area contributed by atoms with Gasteiger partial charge < -0.3 is 0 Å². The van der Waals surface area contributed by atoms with Crippen LogP contribution < -0.4 is 0 Å². The van der Waals surface area contributed by atoms with Crippen LogP contribution >= 0.6 is 34.0 Å². The van der Waals surface area contributed by atoms with Crippen molar-refractivity contribution in [2.45, 2.75) is 0 Å². The van der Waals surface area contributed by atoms with Gasteiger partial charge in [0.1, 0.15) is 0 Å². The molecule has 140 heavy (non-hydrogen) atoms. The van der Waals surface area contributed by atoms with Crippen LogP contribution in [0.5, 0.6) is 0 Å². The Morgan fingerprint density at radius 3 is 0.886 bits per heavy atom. The minimum absolute atomic E-state index is 0.665. The highest BCUT2D eigenvalue weighted by atomic mass is 32.1. The number of aromatic nitrogens is 9. The molecule has 9 nitrogen and oxygen atoms in total. The van der Waals surface area contributed by atoms with E-state index in [0.717, 1.165) is 111 Å². The number of para-hydroxylation sites is 6. The number of hydrogen-bond acceptors (Lipinski definition) is 9. The molecule has 12 heteroatoms. The van der Waals surface area contributed by atoms with E-state index in [1.165, 1.54) is 158 Å². The summed E-state index contributed by atoms with van der Waals surface area (Å²) in [7, 11) is 0. The van der Waals surface area contributed by atoms with E-state index in [1.54, 1.807) is 0 Å². The molecule has 9 aromatic heterocycles. The normalized spacial score (nSPS) is 12.0. The number of rotatable bonds is 8. The maximum atomic E-state index is 5.59. The molecule has 0 saturated heterocycles. The molecule has 0 amide bonds. The number of hydrogen-bond donors (Lipinski definition) is 0. The molecule has 31 aromatic rings. The number of thiophene rings is 3. The zero-order valence-electron chi connectivity index (χ0n) is 75.1. The highest BCUT2D eigenvalue weighted by Crippen LogP contribution is 2.53. The van der Waals surface area contributed by atoms with Crippen molar-refractivity contribution in [2.24, 2.45) is 0 Å². The van der Waals surface area contributed by atoms with E-state index in [2.05, 4.69) is 469 Å². The van der Waals surface area contributed by atoms with Crippen LogP contribution in [0.3, 0.4) is 0 Å². The fourth-order valence-electron chi connectivity index (χ4n) is 22.2. The third kappa shape index (κ3) is 12.4. The van der Waals surface area contributed by atoms with Gasteiger partial charge in [-0.2, -0.15) is 0 Å². The van der Waals surface area contributed by atoms with Crippen molar-refractivity contribution in [1.82, 2.24) is 43.6 Å². The van der Waals surface area contributed by atoms with Gasteiger partial charge in [0, 0.05) is 142 Å². The van der Waals surface area contributed by atoms with E-state index in [-0.39, 0.29) is 0 Å². The quantitative estimate of drug-likeness (QED) is 0.150. The molecular formula is C128H75N9S3. The molecule has 0 fully saturated rings. The molecule has 31 rings (SSSR count). The highest BCUT2D eigenvalue weighted by Gasteiger charge is 2.30. The van der Waals surface area contributed by atoms with Crippen LogP contribution in [0.25, 0.3) is 286 Å². The Labute approximate surface area is 812 Å². The van der Waals surface area contributed by atoms with E-state index in [4.69, 9.17) is 29.9 Å². The summed E-state index contributed by atoms with van der Waals surface area (Å²) < 4.78 is 14.7. The van der Waals surface area contributed by atoms with E-state index in [0.29, 0.717) is 17.8 Å². The second-order valence-corrected chi connectivity index (χ2v) is 39.2. The molecule has 0 aliphatic carbocycles. The molecule has 22 aromatic carbocycles. The van der Waals surface area contributed by atoms with Crippen LogP contribution in [0, 0.1) is 0 Å². The Kier molecular flexibility index (Phi) is 18.2. The summed E-state index contributed by atoms with van der Waals surface area (Å²) in [5.74, 6) is 2.03. The molecule has 9 heterocycles. The van der Waals surface area contributed by atoms with Gasteiger partial charge in [0.2, 0.25) is 17.8 Å². The molecule has 0 radical (unpaired) electrons. The summed E-state index contributed by atoms with van der Waals surface area (Å²) in [4.78, 5) is 32.4. The molecule has 650 valence electrons. The summed E-state index contributed by atoms with van der Waals surface area (Å²) in [6, 6.07) is 162. The molecule has 0 unspecified atom stereocenters. The lowest BCUT2D eigenvalue weighted by Gasteiger charge is -2.15. The summed E-state index contributed by atoms with van der Waals surface area (Å²) in [5, 5.41) is 30.4. The predicted molar refractivity (Wildman–Crippen MR) is 595 cm³/mol. The predicted octanol–water partition coefficient (Wildman–Crippen LogP) is 35.4. The van der Waals surface area contributed by atoms with E-state index in [1.807, 2.05) is 34.0 Å². The first-order valence-corrected chi connectivity index (χ1v) is 49.7. The van der Waals surface area contributed by atoms with E-state index >= 15 is 0 Å². The average molecular weight is 1840 g/mol. The summed E-state index contributed by atoms with van der Waals surface area (Å²) in [6.07, 6.45) is 0. The molecule has 0 N–H and O–H groups in total. The van der Waals surface area contributed by atoms with Crippen molar-refractivity contribution in [1.29, 1.82) is 0 Å². The monoisotopic (exact) mass is 1830 g/mol. The minimum Gasteiger partial charge on any atom is -0.277 e. The van der Waals surface area contributed by atoms with Gasteiger partial charge in [-0.15, -0.1) is 34.0 Å². The third-order valence-corrected chi connectivity index (χ3v) is 31.9. The second kappa shape index (κ2) is 31.9. The standard InChI is InChI=1S/C48H29N3S.2C40H23N3S/c1-3-15-30(16-4-1)32-27-33(31-17-5-2-6-18-31)29-34(28-32)45-37-21-9-12-24-40(37)49-48(50-45)51-41-25-13-10-22-38(41)43-35-19-7-8-20-36(35)47-44(46(43)51)39-23-11-14-26-42(39)52-47;1-2-14-25-24(12-1)13-11-20-27(25)37-29-17-5-8-21-32(29)41-40(42-37)43-33-22-9-6-18-30(33)35-26-15-3-4-16-28(26)39-36(38(35)43)31-19-7-10-23-34(31)44-39;1-2-12-25-23-26(22-21-24(25)11-1)37-29-15-5-8-18-32(29)41-40(42-37)43-33-19-9-6-16-30(33)35-27-13-3-4-14-28(27)39-36(38(35)43)31-17-7-10-20-34(31)44-39/h1-29H;2*1-23H. The van der Waals surface area contributed by atoms with Gasteiger partial charge in [-0.25, -0.2) is 29.9 Å². The third-order valence-electron chi connectivity index (χ3n) is 28.3. The van der Waals surface area contributed by atoms with Crippen molar-refractivity contribution < 1.29 is 0 Å². The van der Waals surface area contributed by atoms with Crippen LogP contribution in [0.15, 0.2) is 455 Å². The Bertz CT molecular complexity index is 10600. The van der Waals surface area contributed by atoms with Gasteiger partial charge in [-0.1, -0.05) is 376 Å². The summed E-state index contributed by atoms with van der Waals surface area (Å²) in [5.41, 5.74) is 20.2. The van der Waals surface area contributed by atoms with Gasteiger partial charge in [-0.3, -0.25) is 13.7 Å². The Morgan fingerprint density at radius 1 is 0.164 bits per heavy atom. The van der Waals surface area contributed by atoms with Gasteiger partial charge in [0.05, 0.1) is 66.7 Å². The first-order valence-electron chi connectivity index (χ1n) is 47.3. The lowest BCUT2D eigenvalue weighted by atomic mass is 9.94. The molecule has 0 saturated carbocycles. The maximum absolute atomic E-state index is 5.59. The zero-order valence-corrected chi connectivity index (χ0v) is 77.5. The molecule has 0 bridgehead atoms. The highest BCUT2D eigenvalue weighted by molar-refractivity contribution is 7.28. The summed E-state index contributed by atoms with van der Waals surface area (Å²) >= 11 is 5.61. The summed E-state index contributed by atoms with van der Waals surface area (Å²) in [6.45, 7) is 0. The molecule has 0 aliphatic rings. The van der Waals surface area contributed by atoms with Crippen molar-refractivity contribution >= 4 is 247 Å². The lowest BCUT2D eigenvalue weighted by Crippen LogP contribution is -2.04. The van der Waals surface area contributed by atoms with Crippen molar-refractivity contribution in [3.8, 4) is 73.9 Å².